The topological polar surface area (TPSA) is 9.23 Å². The van der Waals surface area contributed by atoms with Crippen molar-refractivity contribution in [3.05, 3.63) is 0 Å². The third kappa shape index (κ3) is 2.45. The minimum absolute atomic E-state index is 0.0448. The quantitative estimate of drug-likeness (QED) is 0.650. The third-order valence-electron chi connectivity index (χ3n) is 5.66. The molecule has 3 saturated carbocycles. The van der Waals surface area contributed by atoms with E-state index in [2.05, 4.69) is 13.8 Å². The molecule has 0 radical (unpaired) electrons. The van der Waals surface area contributed by atoms with E-state index in [1.807, 2.05) is 0 Å². The molecule has 6 unspecified atom stereocenters. The van der Waals surface area contributed by atoms with Crippen molar-refractivity contribution in [2.45, 2.75) is 70.5 Å². The summed E-state index contributed by atoms with van der Waals surface area (Å²) in [6.45, 7) is 4.51. The standard InChI is InChI=1S/C16H27ClO/c1-10(2)6-7-16(17)18-15-9-11-8-14(15)13-5-3-4-12(11)13/h10-16H,3-9H2,1-2H3. The van der Waals surface area contributed by atoms with Crippen LogP contribution < -0.4 is 0 Å². The van der Waals surface area contributed by atoms with Crippen molar-refractivity contribution in [1.82, 2.24) is 0 Å². The molecule has 3 aliphatic rings. The lowest BCUT2D eigenvalue weighted by molar-refractivity contribution is -0.0299. The molecule has 0 aromatic rings. The molecule has 0 aliphatic heterocycles. The summed E-state index contributed by atoms with van der Waals surface area (Å²) in [5.74, 6) is 4.60. The summed E-state index contributed by atoms with van der Waals surface area (Å²) in [5.41, 5.74) is -0.0448. The molecule has 1 nitrogen and oxygen atoms in total. The van der Waals surface area contributed by atoms with Crippen molar-refractivity contribution >= 4 is 11.6 Å². The van der Waals surface area contributed by atoms with Gasteiger partial charge >= 0.3 is 0 Å². The molecule has 0 saturated heterocycles. The van der Waals surface area contributed by atoms with Crippen LogP contribution in [-0.4, -0.2) is 11.7 Å². The smallest absolute Gasteiger partial charge is 0.131 e. The monoisotopic (exact) mass is 270 g/mol. The van der Waals surface area contributed by atoms with Crippen LogP contribution in [0.1, 0.15) is 58.8 Å². The molecule has 0 aromatic heterocycles. The summed E-state index contributed by atoms with van der Waals surface area (Å²) in [6, 6.07) is 0. The second-order valence-corrected chi connectivity index (χ2v) is 7.70. The summed E-state index contributed by atoms with van der Waals surface area (Å²) >= 11 is 6.36. The second-order valence-electron chi connectivity index (χ2n) is 7.21. The largest absolute Gasteiger partial charge is 0.359 e. The van der Waals surface area contributed by atoms with Crippen LogP contribution in [0.5, 0.6) is 0 Å². The van der Waals surface area contributed by atoms with E-state index < -0.39 is 0 Å². The first-order valence-electron chi connectivity index (χ1n) is 7.94. The molecule has 3 fully saturated rings. The highest BCUT2D eigenvalue weighted by Crippen LogP contribution is 2.59. The number of hydrogen-bond donors (Lipinski definition) is 0. The first kappa shape index (κ1) is 13.2. The van der Waals surface area contributed by atoms with E-state index in [1.165, 1.54) is 38.5 Å². The zero-order valence-corrected chi connectivity index (χ0v) is 12.5. The van der Waals surface area contributed by atoms with E-state index in [4.69, 9.17) is 16.3 Å². The highest BCUT2D eigenvalue weighted by molar-refractivity contribution is 6.19. The zero-order valence-electron chi connectivity index (χ0n) is 11.8. The summed E-state index contributed by atoms with van der Waals surface area (Å²) in [4.78, 5) is 0. The van der Waals surface area contributed by atoms with Gasteiger partial charge in [0.15, 0.2) is 0 Å². The fourth-order valence-electron chi connectivity index (χ4n) is 4.88. The van der Waals surface area contributed by atoms with Crippen LogP contribution in [0.2, 0.25) is 0 Å². The van der Waals surface area contributed by atoms with Gasteiger partial charge in [0.25, 0.3) is 0 Å². The third-order valence-corrected chi connectivity index (χ3v) is 5.98. The second kappa shape index (κ2) is 5.32. The van der Waals surface area contributed by atoms with Gasteiger partial charge in [0.2, 0.25) is 0 Å². The molecule has 3 rings (SSSR count). The predicted octanol–water partition coefficient (Wildman–Crippen LogP) is 4.83. The van der Waals surface area contributed by atoms with E-state index in [-0.39, 0.29) is 5.56 Å². The lowest BCUT2D eigenvalue weighted by Crippen LogP contribution is -2.32. The number of alkyl halides is 1. The molecule has 0 N–H and O–H groups in total. The van der Waals surface area contributed by atoms with E-state index in [0.717, 1.165) is 36.0 Å². The van der Waals surface area contributed by atoms with Crippen LogP contribution >= 0.6 is 11.6 Å². The molecule has 2 bridgehead atoms. The van der Waals surface area contributed by atoms with Crippen LogP contribution in [0.3, 0.4) is 0 Å². The van der Waals surface area contributed by atoms with Crippen LogP contribution in [0, 0.1) is 29.6 Å². The number of halogens is 1. The van der Waals surface area contributed by atoms with Gasteiger partial charge in [0.1, 0.15) is 5.56 Å². The van der Waals surface area contributed by atoms with Crippen molar-refractivity contribution in [2.75, 3.05) is 0 Å². The van der Waals surface area contributed by atoms with Gasteiger partial charge in [-0.25, -0.2) is 0 Å². The Morgan fingerprint density at radius 1 is 1.06 bits per heavy atom. The van der Waals surface area contributed by atoms with Crippen LogP contribution in [0.4, 0.5) is 0 Å². The fourth-order valence-corrected chi connectivity index (χ4v) is 5.14. The molecular weight excluding hydrogens is 244 g/mol. The first-order chi connectivity index (χ1) is 8.65. The summed E-state index contributed by atoms with van der Waals surface area (Å²) in [6.07, 6.45) is 9.85. The Balaban J connectivity index is 1.50. The van der Waals surface area contributed by atoms with Gasteiger partial charge in [-0.3, -0.25) is 0 Å². The number of hydrogen-bond acceptors (Lipinski definition) is 1. The van der Waals surface area contributed by atoms with Crippen molar-refractivity contribution in [1.29, 1.82) is 0 Å². The Labute approximate surface area is 117 Å². The minimum atomic E-state index is -0.0448. The summed E-state index contributed by atoms with van der Waals surface area (Å²) in [5, 5.41) is 0. The number of ether oxygens (including phenoxy) is 1. The van der Waals surface area contributed by atoms with Gasteiger partial charge in [0.05, 0.1) is 6.10 Å². The van der Waals surface area contributed by atoms with Crippen LogP contribution in [0.15, 0.2) is 0 Å². The van der Waals surface area contributed by atoms with Crippen molar-refractivity contribution in [3.63, 3.8) is 0 Å². The van der Waals surface area contributed by atoms with Crippen LogP contribution in [0.25, 0.3) is 0 Å². The van der Waals surface area contributed by atoms with Gasteiger partial charge in [-0.1, -0.05) is 31.9 Å². The normalized spacial score (nSPS) is 43.7. The van der Waals surface area contributed by atoms with Crippen molar-refractivity contribution < 1.29 is 4.74 Å². The molecule has 2 heteroatoms. The number of rotatable bonds is 5. The summed E-state index contributed by atoms with van der Waals surface area (Å²) < 4.78 is 6.17. The molecular formula is C16H27ClO. The first-order valence-corrected chi connectivity index (χ1v) is 8.38. The minimum Gasteiger partial charge on any atom is -0.359 e. The van der Waals surface area contributed by atoms with Gasteiger partial charge < -0.3 is 4.74 Å². The Hall–Kier alpha value is 0.250. The Kier molecular flexibility index (Phi) is 3.92. The van der Waals surface area contributed by atoms with Gasteiger partial charge in [0, 0.05) is 0 Å². The predicted molar refractivity (Wildman–Crippen MR) is 75.6 cm³/mol. The molecule has 0 amide bonds. The molecule has 104 valence electrons. The fraction of sp³-hybridized carbons (Fsp3) is 1.00. The highest BCUT2D eigenvalue weighted by atomic mass is 35.5. The van der Waals surface area contributed by atoms with E-state index >= 15 is 0 Å². The van der Waals surface area contributed by atoms with E-state index in [9.17, 15) is 0 Å². The lowest BCUT2D eigenvalue weighted by Gasteiger charge is -2.32. The van der Waals surface area contributed by atoms with E-state index in [1.54, 1.807) is 0 Å². The zero-order chi connectivity index (χ0) is 12.7. The SMILES string of the molecule is CC(C)CCC(Cl)OC1CC2CC1C1CCCC21. The maximum atomic E-state index is 6.36. The maximum absolute atomic E-state index is 6.36. The van der Waals surface area contributed by atoms with Gasteiger partial charge in [-0.05, 0) is 68.1 Å². The molecule has 0 heterocycles. The Bertz CT molecular complexity index is 291. The Morgan fingerprint density at radius 3 is 2.61 bits per heavy atom. The summed E-state index contributed by atoms with van der Waals surface area (Å²) in [7, 11) is 0. The number of fused-ring (bicyclic) bond motifs is 5. The average Bonchev–Trinajstić information content (AvgIpc) is 2.97. The average molecular weight is 271 g/mol. The molecule has 6 atom stereocenters. The molecule has 0 spiro atoms. The van der Waals surface area contributed by atoms with Crippen LogP contribution in [-0.2, 0) is 4.74 Å². The van der Waals surface area contributed by atoms with Crippen molar-refractivity contribution in [3.8, 4) is 0 Å². The van der Waals surface area contributed by atoms with E-state index in [0.29, 0.717) is 6.10 Å². The molecule has 3 aliphatic carbocycles. The Morgan fingerprint density at radius 2 is 1.83 bits per heavy atom. The lowest BCUT2D eigenvalue weighted by atomic mass is 9.80. The van der Waals surface area contributed by atoms with Gasteiger partial charge in [-0.2, -0.15) is 0 Å². The van der Waals surface area contributed by atoms with Crippen molar-refractivity contribution in [2.24, 2.45) is 29.6 Å². The molecule has 18 heavy (non-hydrogen) atoms. The molecule has 0 aromatic carbocycles. The van der Waals surface area contributed by atoms with Gasteiger partial charge in [-0.15, -0.1) is 0 Å². The maximum Gasteiger partial charge on any atom is 0.131 e. The highest BCUT2D eigenvalue weighted by Gasteiger charge is 2.54.